The van der Waals surface area contributed by atoms with Gasteiger partial charge in [-0.25, -0.2) is 0 Å². The molecular formula is C9H19AgNS2. The van der Waals surface area contributed by atoms with Crippen LogP contribution in [0.3, 0.4) is 0 Å². The fraction of sp³-hybridized carbons (Fsp3) is 0.889. The van der Waals surface area contributed by atoms with Crippen LogP contribution in [0.1, 0.15) is 39.5 Å². The Kier molecular flexibility index (Phi) is 14.0. The molecular weight excluding hydrogens is 294 g/mol. The van der Waals surface area contributed by atoms with Gasteiger partial charge in [-0.1, -0.05) is 38.9 Å². The van der Waals surface area contributed by atoms with Crippen LogP contribution in [-0.4, -0.2) is 22.3 Å². The molecule has 0 aliphatic carbocycles. The molecule has 83 valence electrons. The molecule has 0 unspecified atom stereocenters. The number of unbranched alkanes of at least 4 members (excludes halogenated alkanes) is 2. The Morgan fingerprint density at radius 2 is 1.54 bits per heavy atom. The number of rotatable bonds is 6. The summed E-state index contributed by atoms with van der Waals surface area (Å²) in [6.45, 7) is 6.52. The van der Waals surface area contributed by atoms with Crippen molar-refractivity contribution in [2.45, 2.75) is 39.5 Å². The van der Waals surface area contributed by atoms with Gasteiger partial charge in [0.25, 0.3) is 0 Å². The van der Waals surface area contributed by atoms with Gasteiger partial charge in [0.1, 0.15) is 4.32 Å². The monoisotopic (exact) mass is 312 g/mol. The molecule has 0 heterocycles. The summed E-state index contributed by atoms with van der Waals surface area (Å²) in [7, 11) is 0. The van der Waals surface area contributed by atoms with E-state index in [-0.39, 0.29) is 22.4 Å². The predicted octanol–water partition coefficient (Wildman–Crippen LogP) is 3.10. The molecule has 0 N–H and O–H groups in total. The van der Waals surface area contributed by atoms with Crippen molar-refractivity contribution in [3.05, 3.63) is 0 Å². The Bertz CT molecular complexity index is 123. The first-order valence-electron chi connectivity index (χ1n) is 4.70. The second-order valence-corrected chi connectivity index (χ2v) is 4.09. The van der Waals surface area contributed by atoms with Crippen LogP contribution in [0.15, 0.2) is 0 Å². The molecule has 0 aromatic heterocycles. The van der Waals surface area contributed by atoms with E-state index in [9.17, 15) is 0 Å². The second kappa shape index (κ2) is 11.1. The average Bonchev–Trinajstić information content (AvgIpc) is 2.04. The van der Waals surface area contributed by atoms with Crippen LogP contribution in [0.2, 0.25) is 0 Å². The van der Waals surface area contributed by atoms with Crippen molar-refractivity contribution >= 4 is 29.2 Å². The topological polar surface area (TPSA) is 3.24 Å². The average molecular weight is 313 g/mol. The van der Waals surface area contributed by atoms with Crippen LogP contribution in [0, 0.1) is 0 Å². The van der Waals surface area contributed by atoms with Gasteiger partial charge in [0.15, 0.2) is 0 Å². The molecule has 0 aliphatic rings. The first-order chi connectivity index (χ1) is 5.72. The molecule has 0 aliphatic heterocycles. The van der Waals surface area contributed by atoms with Gasteiger partial charge in [0, 0.05) is 35.5 Å². The molecule has 0 atom stereocenters. The molecule has 0 amide bonds. The molecule has 0 fully saturated rings. The van der Waals surface area contributed by atoms with Crippen molar-refractivity contribution in [2.24, 2.45) is 0 Å². The smallest absolute Gasteiger partial charge is 0.133 e. The number of nitrogens with zero attached hydrogens (tertiary/aromatic N) is 1. The number of thiocarbonyl (C=S) groups is 1. The molecule has 0 aromatic carbocycles. The maximum absolute atomic E-state index is 5.03. The quantitative estimate of drug-likeness (QED) is 0.456. The number of thiol groups is 1. The summed E-state index contributed by atoms with van der Waals surface area (Å²) in [6, 6.07) is 0. The van der Waals surface area contributed by atoms with Gasteiger partial charge in [-0.15, -0.1) is 12.6 Å². The summed E-state index contributed by atoms with van der Waals surface area (Å²) in [6.07, 6.45) is 4.87. The zero-order chi connectivity index (χ0) is 9.40. The summed E-state index contributed by atoms with van der Waals surface area (Å²) in [5.74, 6) is 0. The van der Waals surface area contributed by atoms with Crippen LogP contribution >= 0.6 is 24.8 Å². The van der Waals surface area contributed by atoms with Gasteiger partial charge >= 0.3 is 0 Å². The molecule has 0 bridgehead atoms. The van der Waals surface area contributed by atoms with E-state index in [0.29, 0.717) is 0 Å². The Hall–Kier alpha value is 0.980. The van der Waals surface area contributed by atoms with E-state index in [4.69, 9.17) is 12.2 Å². The second-order valence-electron chi connectivity index (χ2n) is 2.98. The summed E-state index contributed by atoms with van der Waals surface area (Å²) in [4.78, 5) is 2.19. The van der Waals surface area contributed by atoms with Crippen molar-refractivity contribution in [1.29, 1.82) is 0 Å². The molecule has 1 radical (unpaired) electrons. The van der Waals surface area contributed by atoms with E-state index >= 15 is 0 Å². The minimum absolute atomic E-state index is 0. The fourth-order valence-electron chi connectivity index (χ4n) is 1.00. The molecule has 4 heteroatoms. The van der Waals surface area contributed by atoms with Crippen LogP contribution in [0.5, 0.6) is 0 Å². The largest absolute Gasteiger partial charge is 0.358 e. The number of hydrogen-bond donors (Lipinski definition) is 1. The Balaban J connectivity index is 0. The fourth-order valence-corrected chi connectivity index (χ4v) is 1.38. The molecule has 0 saturated carbocycles. The van der Waals surface area contributed by atoms with Gasteiger partial charge in [0.05, 0.1) is 0 Å². The Morgan fingerprint density at radius 1 is 1.15 bits per heavy atom. The predicted molar refractivity (Wildman–Crippen MR) is 63.0 cm³/mol. The number of hydrogen-bond acceptors (Lipinski definition) is 1. The van der Waals surface area contributed by atoms with E-state index in [1.54, 1.807) is 0 Å². The third-order valence-corrected chi connectivity index (χ3v) is 2.37. The summed E-state index contributed by atoms with van der Waals surface area (Å²) >= 11 is 9.23. The SMILES string of the molecule is CCCCN(CCCC)C(=S)S.[Ag]. The van der Waals surface area contributed by atoms with Crippen molar-refractivity contribution in [1.82, 2.24) is 4.90 Å². The molecule has 13 heavy (non-hydrogen) atoms. The molecule has 0 saturated heterocycles. The van der Waals surface area contributed by atoms with Gasteiger partial charge in [0.2, 0.25) is 0 Å². The van der Waals surface area contributed by atoms with E-state index in [1.807, 2.05) is 0 Å². The van der Waals surface area contributed by atoms with Crippen LogP contribution in [0.4, 0.5) is 0 Å². The maximum Gasteiger partial charge on any atom is 0.133 e. The zero-order valence-electron chi connectivity index (χ0n) is 8.35. The van der Waals surface area contributed by atoms with Crippen LogP contribution < -0.4 is 0 Å². The third kappa shape index (κ3) is 9.29. The normalized spacial score (nSPS) is 9.15. The van der Waals surface area contributed by atoms with Gasteiger partial charge < -0.3 is 4.90 Å². The van der Waals surface area contributed by atoms with Crippen molar-refractivity contribution in [2.75, 3.05) is 13.1 Å². The van der Waals surface area contributed by atoms with Crippen molar-refractivity contribution < 1.29 is 22.4 Å². The third-order valence-electron chi connectivity index (χ3n) is 1.83. The van der Waals surface area contributed by atoms with E-state index in [2.05, 4.69) is 31.4 Å². The summed E-state index contributed by atoms with van der Waals surface area (Å²) in [5.41, 5.74) is 0. The first kappa shape index (κ1) is 16.4. The van der Waals surface area contributed by atoms with E-state index in [0.717, 1.165) is 17.4 Å². The van der Waals surface area contributed by atoms with E-state index < -0.39 is 0 Å². The van der Waals surface area contributed by atoms with Crippen molar-refractivity contribution in [3.8, 4) is 0 Å². The molecule has 0 rings (SSSR count). The molecule has 0 spiro atoms. The van der Waals surface area contributed by atoms with Crippen LogP contribution in [-0.2, 0) is 22.4 Å². The van der Waals surface area contributed by atoms with E-state index in [1.165, 1.54) is 25.7 Å². The zero-order valence-corrected chi connectivity index (χ0v) is 11.5. The minimum Gasteiger partial charge on any atom is -0.358 e. The van der Waals surface area contributed by atoms with Gasteiger partial charge in [-0.3, -0.25) is 0 Å². The summed E-state index contributed by atoms with van der Waals surface area (Å²) < 4.78 is 0.747. The van der Waals surface area contributed by atoms with Crippen LogP contribution in [0.25, 0.3) is 0 Å². The van der Waals surface area contributed by atoms with Crippen molar-refractivity contribution in [3.63, 3.8) is 0 Å². The summed E-state index contributed by atoms with van der Waals surface area (Å²) in [5, 5.41) is 0. The van der Waals surface area contributed by atoms with Gasteiger partial charge in [-0.2, -0.15) is 0 Å². The Labute approximate surface area is 109 Å². The molecule has 0 aromatic rings. The molecule has 1 nitrogen and oxygen atoms in total. The Morgan fingerprint density at radius 3 is 1.77 bits per heavy atom. The first-order valence-corrected chi connectivity index (χ1v) is 5.55. The maximum atomic E-state index is 5.03. The minimum atomic E-state index is 0. The standard InChI is InChI=1S/C9H19NS2.Ag/c1-3-5-7-10(9(11)12)8-6-4-2;/h3-8H2,1-2H3,(H,11,12);. The van der Waals surface area contributed by atoms with Gasteiger partial charge in [-0.05, 0) is 12.8 Å².